The number of amides is 2. The first-order chi connectivity index (χ1) is 19.1. The fraction of sp³-hybridized carbons (Fsp3) is 0.531. The quantitative estimate of drug-likeness (QED) is 0.327. The van der Waals surface area contributed by atoms with Crippen molar-refractivity contribution in [2.45, 2.75) is 84.3 Å². The monoisotopic (exact) mass is 548 g/mol. The van der Waals surface area contributed by atoms with E-state index in [2.05, 4.69) is 12.2 Å². The largest absolute Gasteiger partial charge is 0.478 e. The molecule has 5 rings (SSSR count). The molecule has 0 spiro atoms. The Morgan fingerprint density at radius 2 is 1.68 bits per heavy atom. The third kappa shape index (κ3) is 5.59. The fourth-order valence-corrected chi connectivity index (χ4v) is 6.43. The van der Waals surface area contributed by atoms with Crippen molar-refractivity contribution >= 4 is 45.4 Å². The standard InChI is InChI=1S/C32H40N2O6/c1-18(2)34(31(37)20-10-8-19(3)9-11-20)26-15-24-23-14-21(30(36)33-17-22-6-4-5-7-27(22)35)12-13-28(23)40-29(24)16-25(26)32(38)39/h12-16,18-20,22,27,35H,4-11,17H2,1-3H3,(H,33,36)(H,38,39)/t19?,20?,22-,27+/m0/s1. The summed E-state index contributed by atoms with van der Waals surface area (Å²) in [5, 5.41) is 24.7. The molecule has 0 radical (unpaired) electrons. The molecule has 2 atom stereocenters. The Labute approximate surface area is 234 Å². The Bertz CT molecular complexity index is 1420. The molecule has 40 heavy (non-hydrogen) atoms. The van der Waals surface area contributed by atoms with Crippen LogP contribution < -0.4 is 10.2 Å². The van der Waals surface area contributed by atoms with Crippen molar-refractivity contribution in [1.82, 2.24) is 5.32 Å². The number of hydrogen-bond acceptors (Lipinski definition) is 5. The van der Waals surface area contributed by atoms with E-state index in [9.17, 15) is 24.6 Å². The SMILES string of the molecule is CC1CCC(C(=O)N(c2cc3c(cc2C(=O)O)oc2ccc(C(=O)NC[C@@H]4CCCC[C@H]4O)cc23)C(C)C)CC1. The Balaban J connectivity index is 1.50. The molecule has 0 bridgehead atoms. The summed E-state index contributed by atoms with van der Waals surface area (Å²) in [5.41, 5.74) is 1.75. The number of carbonyl (C=O) groups is 3. The van der Waals surface area contributed by atoms with Gasteiger partial charge in [0, 0.05) is 40.8 Å². The number of aromatic carboxylic acids is 1. The number of aliphatic hydroxyl groups is 1. The van der Waals surface area contributed by atoms with Gasteiger partial charge in [-0.25, -0.2) is 4.79 Å². The lowest BCUT2D eigenvalue weighted by Crippen LogP contribution is -2.42. The van der Waals surface area contributed by atoms with Crippen LogP contribution in [-0.4, -0.2) is 46.7 Å². The first-order valence-electron chi connectivity index (χ1n) is 14.7. The third-order valence-electron chi connectivity index (χ3n) is 8.85. The lowest BCUT2D eigenvalue weighted by Gasteiger charge is -2.34. The minimum Gasteiger partial charge on any atom is -0.478 e. The third-order valence-corrected chi connectivity index (χ3v) is 8.85. The zero-order valence-electron chi connectivity index (χ0n) is 23.6. The topological polar surface area (TPSA) is 120 Å². The van der Waals surface area contributed by atoms with Crippen molar-refractivity contribution < 1.29 is 29.0 Å². The minimum absolute atomic E-state index is 0.0155. The van der Waals surface area contributed by atoms with E-state index in [-0.39, 0.29) is 41.4 Å². The maximum absolute atomic E-state index is 13.8. The summed E-state index contributed by atoms with van der Waals surface area (Å²) in [6.07, 6.45) is 6.93. The van der Waals surface area contributed by atoms with Gasteiger partial charge in [0.15, 0.2) is 0 Å². The number of nitrogens with one attached hydrogen (secondary N) is 1. The predicted molar refractivity (Wildman–Crippen MR) is 155 cm³/mol. The van der Waals surface area contributed by atoms with Crippen LogP contribution in [-0.2, 0) is 4.79 Å². The number of fused-ring (bicyclic) bond motifs is 3. The van der Waals surface area contributed by atoms with Crippen molar-refractivity contribution in [1.29, 1.82) is 0 Å². The van der Waals surface area contributed by atoms with Crippen LogP contribution in [0.3, 0.4) is 0 Å². The lowest BCUT2D eigenvalue weighted by molar-refractivity contribution is -0.123. The summed E-state index contributed by atoms with van der Waals surface area (Å²) in [4.78, 5) is 40.8. The van der Waals surface area contributed by atoms with Gasteiger partial charge in [-0.1, -0.05) is 19.8 Å². The Kier molecular flexibility index (Phi) is 8.17. The summed E-state index contributed by atoms with van der Waals surface area (Å²) in [6, 6.07) is 8.13. The van der Waals surface area contributed by atoms with E-state index < -0.39 is 5.97 Å². The average molecular weight is 549 g/mol. The molecule has 2 aliphatic rings. The number of carboxylic acids is 1. The van der Waals surface area contributed by atoms with Gasteiger partial charge < -0.3 is 24.8 Å². The number of furan rings is 1. The summed E-state index contributed by atoms with van der Waals surface area (Å²) in [6.45, 7) is 6.42. The van der Waals surface area contributed by atoms with Gasteiger partial charge in [0.2, 0.25) is 5.91 Å². The van der Waals surface area contributed by atoms with E-state index in [1.165, 1.54) is 6.07 Å². The second-order valence-electron chi connectivity index (χ2n) is 12.1. The van der Waals surface area contributed by atoms with E-state index in [1.54, 1.807) is 29.2 Å². The summed E-state index contributed by atoms with van der Waals surface area (Å²) < 4.78 is 6.00. The van der Waals surface area contributed by atoms with Crippen molar-refractivity contribution in [3.63, 3.8) is 0 Å². The number of hydrogen-bond donors (Lipinski definition) is 3. The lowest BCUT2D eigenvalue weighted by atomic mass is 9.82. The molecule has 2 saturated carbocycles. The van der Waals surface area contributed by atoms with Crippen LogP contribution >= 0.6 is 0 Å². The second kappa shape index (κ2) is 11.6. The zero-order valence-corrected chi connectivity index (χ0v) is 23.6. The van der Waals surface area contributed by atoms with Crippen molar-refractivity contribution in [3.8, 4) is 0 Å². The van der Waals surface area contributed by atoms with E-state index in [1.807, 2.05) is 13.8 Å². The number of anilines is 1. The van der Waals surface area contributed by atoms with Crippen LogP contribution in [0.1, 0.15) is 92.9 Å². The normalized spacial score (nSPS) is 23.4. The van der Waals surface area contributed by atoms with Crippen molar-refractivity contribution in [3.05, 3.63) is 41.5 Å². The highest BCUT2D eigenvalue weighted by Gasteiger charge is 2.33. The molecule has 0 saturated heterocycles. The number of carboxylic acid groups (broad SMARTS) is 1. The molecular formula is C32H40N2O6. The molecule has 0 unspecified atom stereocenters. The van der Waals surface area contributed by atoms with Gasteiger partial charge in [0.25, 0.3) is 5.91 Å². The molecule has 3 N–H and O–H groups in total. The number of carbonyl (C=O) groups excluding carboxylic acids is 2. The highest BCUT2D eigenvalue weighted by Crippen LogP contribution is 2.38. The molecule has 1 aromatic heterocycles. The first-order valence-corrected chi connectivity index (χ1v) is 14.7. The Morgan fingerprint density at radius 3 is 2.35 bits per heavy atom. The second-order valence-corrected chi connectivity index (χ2v) is 12.1. The molecular weight excluding hydrogens is 508 g/mol. The van der Waals surface area contributed by atoms with Crippen LogP contribution in [0.4, 0.5) is 5.69 Å². The van der Waals surface area contributed by atoms with Crippen LogP contribution in [0, 0.1) is 17.8 Å². The van der Waals surface area contributed by atoms with Gasteiger partial charge in [-0.05, 0) is 88.6 Å². The van der Waals surface area contributed by atoms with Crippen LogP contribution in [0.25, 0.3) is 21.9 Å². The molecule has 0 aliphatic heterocycles. The minimum atomic E-state index is -1.13. The number of aliphatic hydroxyl groups excluding tert-OH is 1. The van der Waals surface area contributed by atoms with Crippen LogP contribution in [0.2, 0.25) is 0 Å². The number of rotatable bonds is 7. The summed E-state index contributed by atoms with van der Waals surface area (Å²) in [7, 11) is 0. The van der Waals surface area contributed by atoms with Gasteiger partial charge in [-0.3, -0.25) is 9.59 Å². The van der Waals surface area contributed by atoms with Gasteiger partial charge in [-0.15, -0.1) is 0 Å². The molecule has 2 amide bonds. The zero-order chi connectivity index (χ0) is 28.6. The number of nitrogens with zero attached hydrogens (tertiary/aromatic N) is 1. The molecule has 8 heteroatoms. The molecule has 3 aromatic rings. The van der Waals surface area contributed by atoms with Gasteiger partial charge in [0.1, 0.15) is 11.2 Å². The van der Waals surface area contributed by atoms with Gasteiger partial charge in [0.05, 0.1) is 17.4 Å². The van der Waals surface area contributed by atoms with E-state index in [4.69, 9.17) is 4.42 Å². The highest BCUT2D eigenvalue weighted by atomic mass is 16.4. The summed E-state index contributed by atoms with van der Waals surface area (Å²) >= 11 is 0. The highest BCUT2D eigenvalue weighted by molar-refractivity contribution is 6.13. The molecule has 1 heterocycles. The maximum atomic E-state index is 13.8. The molecule has 2 aliphatic carbocycles. The number of benzene rings is 2. The van der Waals surface area contributed by atoms with Gasteiger partial charge >= 0.3 is 5.97 Å². The van der Waals surface area contributed by atoms with Crippen LogP contribution in [0.15, 0.2) is 34.7 Å². The Hall–Kier alpha value is -3.39. The Morgan fingerprint density at radius 1 is 0.975 bits per heavy atom. The van der Waals surface area contributed by atoms with E-state index in [0.29, 0.717) is 45.7 Å². The first kappa shape index (κ1) is 28.1. The van der Waals surface area contributed by atoms with E-state index in [0.717, 1.165) is 51.4 Å². The molecule has 214 valence electrons. The van der Waals surface area contributed by atoms with E-state index >= 15 is 0 Å². The maximum Gasteiger partial charge on any atom is 0.337 e. The van der Waals surface area contributed by atoms with Crippen LogP contribution in [0.5, 0.6) is 0 Å². The summed E-state index contributed by atoms with van der Waals surface area (Å²) in [5.74, 6) is -0.879. The molecule has 2 fully saturated rings. The molecule has 8 nitrogen and oxygen atoms in total. The van der Waals surface area contributed by atoms with Crippen molar-refractivity contribution in [2.75, 3.05) is 11.4 Å². The van der Waals surface area contributed by atoms with Gasteiger partial charge in [-0.2, -0.15) is 0 Å². The smallest absolute Gasteiger partial charge is 0.337 e. The van der Waals surface area contributed by atoms with Crippen molar-refractivity contribution in [2.24, 2.45) is 17.8 Å². The average Bonchev–Trinajstić information content (AvgIpc) is 3.29. The molecule has 2 aromatic carbocycles. The predicted octanol–water partition coefficient (Wildman–Crippen LogP) is 6.13. The fourth-order valence-electron chi connectivity index (χ4n) is 6.43.